The van der Waals surface area contributed by atoms with Crippen LogP contribution in [0, 0.1) is 17.8 Å². The lowest BCUT2D eigenvalue weighted by Gasteiger charge is -2.35. The highest BCUT2D eigenvalue weighted by Gasteiger charge is 2.62. The number of ether oxygens (including phenoxy) is 4. The van der Waals surface area contributed by atoms with E-state index >= 15 is 0 Å². The van der Waals surface area contributed by atoms with E-state index in [1.165, 1.54) is 25.3 Å². The number of methoxy groups -OCH3 is 2. The number of fused-ring (bicyclic) bond motifs is 3. The SMILES string of the molecule is COC[C@@H]1C[C@H](C)CCCC[C@H]2C[C@@]2(C(=O)NS(=O)(=O)C2CC2)NC(=O)[C@@H]2C[C@@H](Oc3nccc4cc(OC)ccc34)CN2C(=O)[C@H]1NC(=O)OC(C)(C)C(F)(F)F. The third-order valence-corrected chi connectivity index (χ3v) is 13.6. The maximum absolute atomic E-state index is 14.9. The Balaban J connectivity index is 1.36. The molecule has 2 aliphatic carbocycles. The highest BCUT2D eigenvalue weighted by Crippen LogP contribution is 2.48. The van der Waals surface area contributed by atoms with Crippen molar-refractivity contribution in [1.29, 1.82) is 0 Å². The maximum atomic E-state index is 14.9. The van der Waals surface area contributed by atoms with Crippen LogP contribution in [0.4, 0.5) is 18.0 Å². The van der Waals surface area contributed by atoms with Crippen LogP contribution in [0.25, 0.3) is 10.8 Å². The van der Waals surface area contributed by atoms with E-state index in [0.29, 0.717) is 69.9 Å². The molecule has 2 saturated carbocycles. The number of sulfonamides is 1. The van der Waals surface area contributed by atoms with Gasteiger partial charge in [0.1, 0.15) is 29.5 Å². The quantitative estimate of drug-likeness (QED) is 0.308. The van der Waals surface area contributed by atoms with Crippen molar-refractivity contribution in [1.82, 2.24) is 25.2 Å². The van der Waals surface area contributed by atoms with Gasteiger partial charge in [-0.1, -0.05) is 26.2 Å². The Kier molecular flexibility index (Phi) is 12.4. The second kappa shape index (κ2) is 16.7. The van der Waals surface area contributed by atoms with Crippen molar-refractivity contribution < 1.29 is 59.7 Å². The summed E-state index contributed by atoms with van der Waals surface area (Å²) in [5.41, 5.74) is -4.46. The second-order valence-corrected chi connectivity index (χ2v) is 18.5. The Labute approximate surface area is 335 Å². The van der Waals surface area contributed by atoms with E-state index in [2.05, 4.69) is 20.3 Å². The fraction of sp³-hybridized carbons (Fsp3) is 0.667. The zero-order chi connectivity index (χ0) is 42.2. The number of pyridine rings is 1. The van der Waals surface area contributed by atoms with Gasteiger partial charge in [-0.05, 0) is 87.4 Å². The zero-order valence-electron chi connectivity index (χ0n) is 33.2. The number of hydrogen-bond acceptors (Lipinski definition) is 11. The number of alkyl carbamates (subject to hydrolysis) is 1. The number of nitrogens with one attached hydrogen (secondary N) is 3. The van der Waals surface area contributed by atoms with Crippen LogP contribution >= 0.6 is 0 Å². The summed E-state index contributed by atoms with van der Waals surface area (Å²) in [6, 6.07) is 4.17. The van der Waals surface area contributed by atoms with Crippen LogP contribution in [-0.4, -0.2) is 110 Å². The summed E-state index contributed by atoms with van der Waals surface area (Å²) in [5, 5.41) is 5.89. The highest BCUT2D eigenvalue weighted by atomic mass is 32.2. The monoisotopic (exact) mass is 839 g/mol. The van der Waals surface area contributed by atoms with E-state index in [0.717, 1.165) is 5.39 Å². The molecular weight excluding hydrogens is 788 g/mol. The first kappa shape index (κ1) is 43.2. The maximum Gasteiger partial charge on any atom is 0.427 e. The molecule has 0 radical (unpaired) electrons. The minimum absolute atomic E-state index is 0.0535. The molecule has 58 heavy (non-hydrogen) atoms. The van der Waals surface area contributed by atoms with Crippen molar-refractivity contribution in [3.8, 4) is 11.6 Å². The van der Waals surface area contributed by atoms with Crippen LogP contribution in [0.3, 0.4) is 0 Å². The number of carbonyl (C=O) groups is 4. The van der Waals surface area contributed by atoms with Gasteiger partial charge in [0.05, 0.1) is 25.5 Å². The molecule has 0 bridgehead atoms. The molecule has 6 rings (SSSR count). The Morgan fingerprint density at radius 1 is 1.05 bits per heavy atom. The molecule has 1 aromatic heterocycles. The summed E-state index contributed by atoms with van der Waals surface area (Å²) in [7, 11) is -1.04. The number of benzene rings is 1. The van der Waals surface area contributed by atoms with E-state index < -0.39 is 80.5 Å². The Morgan fingerprint density at radius 3 is 2.45 bits per heavy atom. The topological polar surface area (TPSA) is 192 Å². The summed E-state index contributed by atoms with van der Waals surface area (Å²) < 4.78 is 91.5. The van der Waals surface area contributed by atoms with Gasteiger partial charge in [0.2, 0.25) is 33.3 Å². The summed E-state index contributed by atoms with van der Waals surface area (Å²) in [4.78, 5) is 62.1. The van der Waals surface area contributed by atoms with Crippen molar-refractivity contribution in [2.45, 2.75) is 119 Å². The molecule has 7 atom stereocenters. The van der Waals surface area contributed by atoms with Crippen LogP contribution in [0.2, 0.25) is 0 Å². The minimum Gasteiger partial charge on any atom is -0.497 e. The lowest BCUT2D eigenvalue weighted by Crippen LogP contribution is -2.60. The molecule has 2 saturated heterocycles. The molecule has 4 aliphatic rings. The van der Waals surface area contributed by atoms with Gasteiger partial charge in [-0.3, -0.25) is 19.1 Å². The fourth-order valence-corrected chi connectivity index (χ4v) is 9.44. The van der Waals surface area contributed by atoms with Gasteiger partial charge in [0.25, 0.3) is 5.91 Å². The van der Waals surface area contributed by atoms with Crippen LogP contribution in [0.15, 0.2) is 30.5 Å². The molecule has 3 N–H and O–H groups in total. The fourth-order valence-electron chi connectivity index (χ4n) is 8.07. The summed E-state index contributed by atoms with van der Waals surface area (Å²) >= 11 is 0. The molecule has 4 amide bonds. The van der Waals surface area contributed by atoms with Gasteiger partial charge in [0.15, 0.2) is 0 Å². The third kappa shape index (κ3) is 9.40. The number of rotatable bonds is 10. The molecule has 19 heteroatoms. The Hall–Kier alpha value is -4.39. The van der Waals surface area contributed by atoms with Gasteiger partial charge in [0, 0.05) is 31.0 Å². The molecule has 0 unspecified atom stereocenters. The minimum atomic E-state index is -4.93. The molecule has 1 aromatic carbocycles. The van der Waals surface area contributed by atoms with Gasteiger partial charge in [-0.15, -0.1) is 0 Å². The van der Waals surface area contributed by atoms with E-state index in [4.69, 9.17) is 18.9 Å². The molecule has 0 spiro atoms. The predicted molar refractivity (Wildman–Crippen MR) is 203 cm³/mol. The van der Waals surface area contributed by atoms with Crippen LogP contribution < -0.4 is 24.8 Å². The van der Waals surface area contributed by atoms with E-state index in [-0.39, 0.29) is 43.7 Å². The molecule has 2 aliphatic heterocycles. The summed E-state index contributed by atoms with van der Waals surface area (Å²) in [5.74, 6) is -2.82. The Bertz CT molecular complexity index is 2000. The lowest BCUT2D eigenvalue weighted by atomic mass is 9.86. The average Bonchev–Trinajstić information content (AvgIpc) is 4.08. The second-order valence-electron chi connectivity index (χ2n) is 16.6. The number of amides is 4. The summed E-state index contributed by atoms with van der Waals surface area (Å²) in [6.45, 7) is 3.03. The number of nitrogens with zero attached hydrogens (tertiary/aromatic N) is 2. The van der Waals surface area contributed by atoms with Crippen molar-refractivity contribution in [2.24, 2.45) is 17.8 Å². The van der Waals surface area contributed by atoms with E-state index in [9.17, 15) is 40.8 Å². The van der Waals surface area contributed by atoms with Crippen LogP contribution in [-0.2, 0) is 33.9 Å². The van der Waals surface area contributed by atoms with Gasteiger partial charge < -0.3 is 34.5 Å². The molecule has 4 fully saturated rings. The van der Waals surface area contributed by atoms with Crippen LogP contribution in [0.1, 0.15) is 78.6 Å². The van der Waals surface area contributed by atoms with E-state index in [1.54, 1.807) is 24.3 Å². The number of alkyl halides is 3. The number of aromatic nitrogens is 1. The third-order valence-electron chi connectivity index (χ3n) is 11.7. The number of halogens is 3. The van der Waals surface area contributed by atoms with Crippen molar-refractivity contribution in [2.75, 3.05) is 27.4 Å². The standard InChI is InChI=1S/C39H52F3N5O10S/c1-22-8-6-7-9-25-19-38(25,35(50)46-58(52,53)28-11-12-28)45-32(48)30-18-27(56-33-29-13-10-26(55-5)17-23(29)14-15-43-33)20-47(30)34(49)31(24(16-22)21-54-4)44-36(51)57-37(2,3)39(40,41)42/h10,13-15,17,22,24-25,27-28,30-31H,6-9,11-12,16,18-21H2,1-5H3,(H,44,51)(H,45,48)(H,46,50)/t22-,24+,25+,27-,30+,31+,38-/m1/s1. The largest absolute Gasteiger partial charge is 0.497 e. The van der Waals surface area contributed by atoms with Crippen molar-refractivity contribution in [3.63, 3.8) is 0 Å². The van der Waals surface area contributed by atoms with Crippen molar-refractivity contribution in [3.05, 3.63) is 30.5 Å². The average molecular weight is 840 g/mol. The first-order chi connectivity index (χ1) is 27.3. The normalized spacial score (nSPS) is 28.6. The highest BCUT2D eigenvalue weighted by molar-refractivity contribution is 7.91. The van der Waals surface area contributed by atoms with Gasteiger partial charge in [-0.25, -0.2) is 18.2 Å². The van der Waals surface area contributed by atoms with Crippen molar-refractivity contribution >= 4 is 44.6 Å². The lowest BCUT2D eigenvalue weighted by molar-refractivity contribution is -0.244. The zero-order valence-corrected chi connectivity index (χ0v) is 34.0. The van der Waals surface area contributed by atoms with Gasteiger partial charge >= 0.3 is 12.3 Å². The van der Waals surface area contributed by atoms with E-state index in [1.807, 2.05) is 6.92 Å². The molecule has 2 aromatic rings. The first-order valence-corrected chi connectivity index (χ1v) is 21.2. The van der Waals surface area contributed by atoms with Gasteiger partial charge in [-0.2, -0.15) is 13.2 Å². The molecule has 15 nitrogen and oxygen atoms in total. The number of carbonyl (C=O) groups excluding carboxylic acids is 4. The molecule has 320 valence electrons. The predicted octanol–water partition coefficient (Wildman–Crippen LogP) is 4.37. The Morgan fingerprint density at radius 2 is 1.78 bits per heavy atom. The smallest absolute Gasteiger partial charge is 0.427 e. The van der Waals surface area contributed by atoms with Crippen LogP contribution in [0.5, 0.6) is 11.6 Å². The molecule has 3 heterocycles. The number of hydrogen-bond donors (Lipinski definition) is 3. The first-order valence-electron chi connectivity index (χ1n) is 19.6. The summed E-state index contributed by atoms with van der Waals surface area (Å²) in [6.07, 6.45) is -2.01. The molecular formula is C39H52F3N5O10S.